The summed E-state index contributed by atoms with van der Waals surface area (Å²) in [6.45, 7) is 4.51. The number of ether oxygens (including phenoxy) is 2. The van der Waals surface area contributed by atoms with Crippen LogP contribution in [0.1, 0.15) is 6.92 Å². The Hall–Kier alpha value is -1.40. The molecule has 1 aromatic rings. The van der Waals surface area contributed by atoms with Gasteiger partial charge in [0.05, 0.1) is 13.7 Å². The summed E-state index contributed by atoms with van der Waals surface area (Å²) in [5.74, 6) is 3.27. The molecular weight excluding hydrogens is 298 g/mol. The molecule has 2 N–H and O–H groups in total. The molecule has 0 amide bonds. The molecule has 0 fully saturated rings. The maximum absolute atomic E-state index is 5.37. The minimum atomic E-state index is 0.510. The molecule has 1 unspecified atom stereocenters. The van der Waals surface area contributed by atoms with Gasteiger partial charge in [0.2, 0.25) is 0 Å². The molecule has 1 rings (SSSR count). The van der Waals surface area contributed by atoms with Crippen molar-refractivity contribution in [1.29, 1.82) is 0 Å². The maximum Gasteiger partial charge on any atom is 0.191 e. The van der Waals surface area contributed by atoms with E-state index in [4.69, 9.17) is 9.47 Å². The van der Waals surface area contributed by atoms with Crippen LogP contribution in [0.25, 0.3) is 0 Å². The highest BCUT2D eigenvalue weighted by atomic mass is 32.2. The second-order valence-electron chi connectivity index (χ2n) is 4.94. The third-order valence-electron chi connectivity index (χ3n) is 3.03. The lowest BCUT2D eigenvalue weighted by molar-refractivity contribution is 0.203. The number of benzene rings is 1. The van der Waals surface area contributed by atoms with Crippen LogP contribution in [0.4, 0.5) is 0 Å². The van der Waals surface area contributed by atoms with E-state index < -0.39 is 0 Å². The Bertz CT molecular complexity index is 455. The second kappa shape index (κ2) is 11.2. The molecular formula is C16H27N3O2S. The van der Waals surface area contributed by atoms with Crippen LogP contribution in [-0.2, 0) is 4.74 Å². The summed E-state index contributed by atoms with van der Waals surface area (Å²) in [4.78, 5) is 5.37. The summed E-state index contributed by atoms with van der Waals surface area (Å²) in [5.41, 5.74) is 0. The topological polar surface area (TPSA) is 54.9 Å². The first-order valence-electron chi connectivity index (χ1n) is 7.40. The molecule has 1 atom stereocenters. The number of hydrogen-bond donors (Lipinski definition) is 2. The molecule has 6 heteroatoms. The number of thioether (sulfide) groups is 1. The molecule has 22 heavy (non-hydrogen) atoms. The van der Waals surface area contributed by atoms with Crippen LogP contribution < -0.4 is 15.4 Å². The molecule has 0 saturated heterocycles. The minimum Gasteiger partial charge on any atom is -0.496 e. The summed E-state index contributed by atoms with van der Waals surface area (Å²) >= 11 is 1.82. The Morgan fingerprint density at radius 3 is 2.73 bits per heavy atom. The van der Waals surface area contributed by atoms with Crippen molar-refractivity contribution in [3.63, 3.8) is 0 Å². The Balaban J connectivity index is 2.32. The summed E-state index contributed by atoms with van der Waals surface area (Å²) in [5, 5.41) is 6.54. The van der Waals surface area contributed by atoms with Crippen molar-refractivity contribution >= 4 is 17.7 Å². The maximum atomic E-state index is 5.37. The van der Waals surface area contributed by atoms with Gasteiger partial charge in [-0.15, -0.1) is 11.8 Å². The van der Waals surface area contributed by atoms with Gasteiger partial charge < -0.3 is 20.1 Å². The van der Waals surface area contributed by atoms with Crippen LogP contribution in [0.15, 0.2) is 34.2 Å². The summed E-state index contributed by atoms with van der Waals surface area (Å²) in [6, 6.07) is 8.11. The summed E-state index contributed by atoms with van der Waals surface area (Å²) in [7, 11) is 5.17. The molecule has 0 saturated carbocycles. The number of para-hydroxylation sites is 1. The van der Waals surface area contributed by atoms with E-state index in [-0.39, 0.29) is 0 Å². The van der Waals surface area contributed by atoms with Gasteiger partial charge in [-0.05, 0) is 18.1 Å². The first kappa shape index (κ1) is 18.6. The number of nitrogens with one attached hydrogen (secondary N) is 2. The van der Waals surface area contributed by atoms with E-state index in [9.17, 15) is 0 Å². The highest BCUT2D eigenvalue weighted by Gasteiger charge is 2.07. The molecule has 0 aliphatic heterocycles. The third kappa shape index (κ3) is 7.04. The molecule has 0 aliphatic carbocycles. The zero-order valence-electron chi connectivity index (χ0n) is 13.9. The van der Waals surface area contributed by atoms with Crippen LogP contribution >= 0.6 is 11.8 Å². The van der Waals surface area contributed by atoms with Crippen LogP contribution in [-0.4, -0.2) is 52.7 Å². The van der Waals surface area contributed by atoms with E-state index in [0.29, 0.717) is 12.5 Å². The van der Waals surface area contributed by atoms with Crippen molar-refractivity contribution in [2.45, 2.75) is 11.8 Å². The Morgan fingerprint density at radius 1 is 1.27 bits per heavy atom. The van der Waals surface area contributed by atoms with Crippen LogP contribution in [0.5, 0.6) is 5.75 Å². The van der Waals surface area contributed by atoms with Gasteiger partial charge in [-0.2, -0.15) is 0 Å². The SMILES string of the molecule is CN=C(NCCOC)NCC(C)CSc1ccccc1OC. The highest BCUT2D eigenvalue weighted by Crippen LogP contribution is 2.29. The standard InChI is InChI=1S/C16H27N3O2S/c1-13(11-19-16(17-2)18-9-10-20-3)12-22-15-8-6-5-7-14(15)21-4/h5-8,13H,9-12H2,1-4H3,(H2,17,18,19). The fourth-order valence-corrected chi connectivity index (χ4v) is 2.84. The first-order chi connectivity index (χ1) is 10.7. The van der Waals surface area contributed by atoms with Crippen molar-refractivity contribution in [2.75, 3.05) is 46.7 Å². The van der Waals surface area contributed by atoms with Crippen molar-refractivity contribution < 1.29 is 9.47 Å². The molecule has 0 bridgehead atoms. The number of guanidine groups is 1. The van der Waals surface area contributed by atoms with E-state index >= 15 is 0 Å². The summed E-state index contributed by atoms with van der Waals surface area (Å²) < 4.78 is 10.4. The van der Waals surface area contributed by atoms with Crippen LogP contribution in [0.3, 0.4) is 0 Å². The molecule has 124 valence electrons. The Labute approximate surface area is 137 Å². The lowest BCUT2D eigenvalue weighted by Gasteiger charge is -2.16. The first-order valence-corrected chi connectivity index (χ1v) is 8.39. The minimum absolute atomic E-state index is 0.510. The summed E-state index contributed by atoms with van der Waals surface area (Å²) in [6.07, 6.45) is 0. The zero-order valence-corrected chi connectivity index (χ0v) is 14.7. The molecule has 0 aromatic heterocycles. The zero-order chi connectivity index (χ0) is 16.2. The number of nitrogens with zero attached hydrogens (tertiary/aromatic N) is 1. The fourth-order valence-electron chi connectivity index (χ4n) is 1.79. The molecule has 0 spiro atoms. The Kier molecular flexibility index (Phi) is 9.50. The van der Waals surface area contributed by atoms with Crippen LogP contribution in [0.2, 0.25) is 0 Å². The predicted molar refractivity (Wildman–Crippen MR) is 94.1 cm³/mol. The Morgan fingerprint density at radius 2 is 2.05 bits per heavy atom. The largest absolute Gasteiger partial charge is 0.496 e. The normalized spacial score (nSPS) is 12.8. The van der Waals surface area contributed by atoms with Crippen molar-refractivity contribution in [2.24, 2.45) is 10.9 Å². The van der Waals surface area contributed by atoms with Gasteiger partial charge in [-0.3, -0.25) is 4.99 Å². The second-order valence-corrected chi connectivity index (χ2v) is 6.00. The van der Waals surface area contributed by atoms with E-state index in [1.54, 1.807) is 21.3 Å². The third-order valence-corrected chi connectivity index (χ3v) is 4.42. The van der Waals surface area contributed by atoms with Gasteiger partial charge >= 0.3 is 0 Å². The number of rotatable bonds is 9. The lowest BCUT2D eigenvalue weighted by Crippen LogP contribution is -2.41. The average molecular weight is 325 g/mol. The molecule has 5 nitrogen and oxygen atoms in total. The van der Waals surface area contributed by atoms with Gasteiger partial charge in [0.15, 0.2) is 5.96 Å². The van der Waals surface area contributed by atoms with Crippen molar-refractivity contribution in [3.05, 3.63) is 24.3 Å². The quantitative estimate of drug-likeness (QED) is 0.316. The lowest BCUT2D eigenvalue weighted by atomic mass is 10.2. The van der Waals surface area contributed by atoms with E-state index in [0.717, 1.165) is 30.6 Å². The monoisotopic (exact) mass is 325 g/mol. The van der Waals surface area contributed by atoms with Gasteiger partial charge in [-0.25, -0.2) is 0 Å². The van der Waals surface area contributed by atoms with Crippen molar-refractivity contribution in [1.82, 2.24) is 10.6 Å². The molecule has 0 aliphatic rings. The molecule has 0 heterocycles. The predicted octanol–water partition coefficient (Wildman–Crippen LogP) is 2.23. The van der Waals surface area contributed by atoms with Gasteiger partial charge in [0, 0.05) is 37.9 Å². The van der Waals surface area contributed by atoms with Crippen molar-refractivity contribution in [3.8, 4) is 5.75 Å². The van der Waals surface area contributed by atoms with Gasteiger partial charge in [0.25, 0.3) is 0 Å². The van der Waals surface area contributed by atoms with Crippen LogP contribution in [0, 0.1) is 5.92 Å². The van der Waals surface area contributed by atoms with E-state index in [1.165, 1.54) is 4.90 Å². The van der Waals surface area contributed by atoms with E-state index in [2.05, 4.69) is 28.6 Å². The number of hydrogen-bond acceptors (Lipinski definition) is 4. The van der Waals surface area contributed by atoms with Gasteiger partial charge in [0.1, 0.15) is 5.75 Å². The average Bonchev–Trinajstić information content (AvgIpc) is 2.56. The van der Waals surface area contributed by atoms with E-state index in [1.807, 2.05) is 30.0 Å². The molecule has 1 aromatic carbocycles. The highest BCUT2D eigenvalue weighted by molar-refractivity contribution is 7.99. The van der Waals surface area contributed by atoms with Gasteiger partial charge in [-0.1, -0.05) is 19.1 Å². The number of aliphatic imine (C=N–C) groups is 1. The fraction of sp³-hybridized carbons (Fsp3) is 0.562. The molecule has 0 radical (unpaired) electrons. The number of methoxy groups -OCH3 is 2. The smallest absolute Gasteiger partial charge is 0.191 e.